The maximum Gasteiger partial charge on any atom is 0.231 e. The zero-order valence-electron chi connectivity index (χ0n) is 12.0. The average molecular weight is 310 g/mol. The number of amidine groups is 1. The maximum atomic E-state index is 10.1. The number of aliphatic imine (C=N–C) groups is 1. The van der Waals surface area contributed by atoms with Crippen molar-refractivity contribution in [3.05, 3.63) is 35.9 Å². The van der Waals surface area contributed by atoms with Crippen molar-refractivity contribution in [1.82, 2.24) is 0 Å². The van der Waals surface area contributed by atoms with Crippen molar-refractivity contribution >= 4 is 17.6 Å². The number of hydrogen-bond donors (Lipinski definition) is 1. The molecule has 1 saturated heterocycles. The summed E-state index contributed by atoms with van der Waals surface area (Å²) >= 11 is 1.48. The molecule has 2 heterocycles. The standard InChI is InChI=1S/C16H14N4OS/c1-13(11-5-3-2-4-6-11)14(9-17)12(19)20-16(15(13,14)10-18)21-7-8-22-16/h2-6H,7-8H2,1H3,(H2,19,20)/t13-,14+,15-,16-/m1/s1. The Morgan fingerprint density at radius 3 is 2.55 bits per heavy atom. The van der Waals surface area contributed by atoms with Crippen molar-refractivity contribution in [3.63, 3.8) is 0 Å². The van der Waals surface area contributed by atoms with E-state index in [-0.39, 0.29) is 5.84 Å². The van der Waals surface area contributed by atoms with Gasteiger partial charge in [-0.05, 0) is 5.56 Å². The first-order valence-electron chi connectivity index (χ1n) is 7.08. The summed E-state index contributed by atoms with van der Waals surface area (Å²) in [5, 5.41) is 19.0. The lowest BCUT2D eigenvalue weighted by atomic mass is 9.85. The number of benzene rings is 1. The highest BCUT2D eigenvalue weighted by Crippen LogP contribution is 2.87. The van der Waals surface area contributed by atoms with Gasteiger partial charge in [0.1, 0.15) is 5.84 Å². The lowest BCUT2D eigenvalue weighted by molar-refractivity contribution is 0.0151. The van der Waals surface area contributed by atoms with Crippen molar-refractivity contribution in [3.8, 4) is 12.1 Å². The smallest absolute Gasteiger partial charge is 0.231 e. The minimum atomic E-state index is -1.13. The van der Waals surface area contributed by atoms with Crippen LogP contribution in [0.25, 0.3) is 0 Å². The van der Waals surface area contributed by atoms with Crippen LogP contribution in [0.5, 0.6) is 0 Å². The highest BCUT2D eigenvalue weighted by molar-refractivity contribution is 8.00. The molecule has 0 radical (unpaired) electrons. The van der Waals surface area contributed by atoms with Gasteiger partial charge in [0.25, 0.3) is 0 Å². The van der Waals surface area contributed by atoms with Crippen LogP contribution >= 0.6 is 11.8 Å². The fraction of sp³-hybridized carbons (Fsp3) is 0.438. The summed E-state index contributed by atoms with van der Waals surface area (Å²) in [6, 6.07) is 14.3. The number of nitrogens with two attached hydrogens (primary N) is 1. The second-order valence-corrected chi connectivity index (χ2v) is 7.24. The van der Waals surface area contributed by atoms with Crippen molar-refractivity contribution in [2.75, 3.05) is 12.4 Å². The van der Waals surface area contributed by atoms with E-state index in [4.69, 9.17) is 10.5 Å². The zero-order chi connectivity index (χ0) is 15.6. The summed E-state index contributed by atoms with van der Waals surface area (Å²) in [5.41, 5.74) is 4.15. The molecule has 0 unspecified atom stereocenters. The van der Waals surface area contributed by atoms with Crippen LogP contribution in [0.3, 0.4) is 0 Å². The summed E-state index contributed by atoms with van der Waals surface area (Å²) < 4.78 is 5.89. The molecule has 0 bridgehead atoms. The largest absolute Gasteiger partial charge is 0.386 e. The fourth-order valence-corrected chi connectivity index (χ4v) is 5.84. The first-order chi connectivity index (χ1) is 10.6. The summed E-state index contributed by atoms with van der Waals surface area (Å²) in [7, 11) is 0. The minimum Gasteiger partial charge on any atom is -0.386 e. The quantitative estimate of drug-likeness (QED) is 0.853. The molecule has 22 heavy (non-hydrogen) atoms. The lowest BCUT2D eigenvalue weighted by Gasteiger charge is -2.29. The van der Waals surface area contributed by atoms with Gasteiger partial charge >= 0.3 is 0 Å². The first-order valence-corrected chi connectivity index (χ1v) is 8.06. The first kappa shape index (κ1) is 13.6. The van der Waals surface area contributed by atoms with E-state index in [0.717, 1.165) is 11.3 Å². The van der Waals surface area contributed by atoms with Crippen LogP contribution in [-0.2, 0) is 10.2 Å². The molecule has 2 fully saturated rings. The lowest BCUT2D eigenvalue weighted by Crippen LogP contribution is -2.38. The Hall–Kier alpha value is -2.02. The summed E-state index contributed by atoms with van der Waals surface area (Å²) in [6.45, 7) is 2.44. The summed E-state index contributed by atoms with van der Waals surface area (Å²) in [4.78, 5) is 4.45. The number of rotatable bonds is 1. The van der Waals surface area contributed by atoms with Gasteiger partial charge in [-0.25, -0.2) is 4.99 Å². The van der Waals surface area contributed by atoms with E-state index >= 15 is 0 Å². The van der Waals surface area contributed by atoms with Crippen LogP contribution in [0.4, 0.5) is 0 Å². The molecular weight excluding hydrogens is 296 g/mol. The molecule has 2 aliphatic heterocycles. The monoisotopic (exact) mass is 310 g/mol. The van der Waals surface area contributed by atoms with Gasteiger partial charge in [-0.1, -0.05) is 49.0 Å². The van der Waals surface area contributed by atoms with Crippen molar-refractivity contribution in [2.24, 2.45) is 21.6 Å². The molecule has 5 nitrogen and oxygen atoms in total. The SMILES string of the molecule is C[C@@]1(c2ccccc2)[C@]2(C#N)C(N)=N[C@@]3(OCCS3)[C@@]21C#N. The van der Waals surface area contributed by atoms with Crippen LogP contribution in [0, 0.1) is 33.5 Å². The predicted molar refractivity (Wildman–Crippen MR) is 82.6 cm³/mol. The van der Waals surface area contributed by atoms with Gasteiger partial charge in [0, 0.05) is 11.2 Å². The van der Waals surface area contributed by atoms with E-state index in [1.807, 2.05) is 37.3 Å². The third-order valence-corrected chi connectivity index (χ3v) is 6.77. The Morgan fingerprint density at radius 2 is 2.00 bits per heavy atom. The van der Waals surface area contributed by atoms with Crippen LogP contribution in [-0.4, -0.2) is 23.3 Å². The Morgan fingerprint density at radius 1 is 1.27 bits per heavy atom. The molecule has 1 aliphatic carbocycles. The zero-order valence-corrected chi connectivity index (χ0v) is 12.9. The molecular formula is C16H14N4OS. The number of nitrogens with zero attached hydrogens (tertiary/aromatic N) is 3. The van der Waals surface area contributed by atoms with E-state index < -0.39 is 21.3 Å². The number of ether oxygens (including phenoxy) is 1. The van der Waals surface area contributed by atoms with Gasteiger partial charge in [-0.3, -0.25) is 0 Å². The van der Waals surface area contributed by atoms with E-state index in [1.165, 1.54) is 11.8 Å². The van der Waals surface area contributed by atoms with Crippen molar-refractivity contribution in [1.29, 1.82) is 10.5 Å². The normalized spacial score (nSPS) is 45.0. The molecule has 0 aromatic heterocycles. The maximum absolute atomic E-state index is 10.1. The van der Waals surface area contributed by atoms with Gasteiger partial charge in [0.05, 0.1) is 18.7 Å². The number of fused-ring (bicyclic) bond motifs is 2. The minimum absolute atomic E-state index is 0.220. The van der Waals surface area contributed by atoms with E-state index in [9.17, 15) is 10.5 Å². The van der Waals surface area contributed by atoms with E-state index in [2.05, 4.69) is 17.1 Å². The third-order valence-electron chi connectivity index (χ3n) is 5.49. The molecule has 2 N–H and O–H groups in total. The topological polar surface area (TPSA) is 95.2 Å². The summed E-state index contributed by atoms with van der Waals surface area (Å²) in [5.74, 6) is 0.962. The highest BCUT2D eigenvalue weighted by atomic mass is 32.2. The van der Waals surface area contributed by atoms with Crippen molar-refractivity contribution in [2.45, 2.75) is 17.4 Å². The van der Waals surface area contributed by atoms with E-state index in [1.54, 1.807) is 0 Å². The predicted octanol–water partition coefficient (Wildman–Crippen LogP) is 1.77. The average Bonchev–Trinajstić information content (AvgIpc) is 2.83. The van der Waals surface area contributed by atoms with Gasteiger partial charge in [-0.2, -0.15) is 10.5 Å². The number of hydrogen-bond acceptors (Lipinski definition) is 6. The Labute approximate surface area is 132 Å². The number of nitriles is 2. The molecule has 110 valence electrons. The van der Waals surface area contributed by atoms with Gasteiger partial charge in [0.15, 0.2) is 10.8 Å². The molecule has 1 aromatic carbocycles. The molecule has 4 rings (SSSR count). The van der Waals surface area contributed by atoms with Gasteiger partial charge < -0.3 is 10.5 Å². The Kier molecular flexibility index (Phi) is 2.38. The molecule has 6 heteroatoms. The van der Waals surface area contributed by atoms with Gasteiger partial charge in [-0.15, -0.1) is 0 Å². The van der Waals surface area contributed by atoms with Gasteiger partial charge in [0.2, 0.25) is 5.06 Å². The van der Waals surface area contributed by atoms with Crippen LogP contribution < -0.4 is 5.73 Å². The van der Waals surface area contributed by atoms with Crippen LogP contribution in [0.15, 0.2) is 35.3 Å². The second kappa shape index (κ2) is 3.84. The molecule has 1 saturated carbocycles. The van der Waals surface area contributed by atoms with Crippen LogP contribution in [0.1, 0.15) is 12.5 Å². The fourth-order valence-electron chi connectivity index (χ4n) is 4.45. The Balaban J connectivity index is 2.03. The van der Waals surface area contributed by atoms with Crippen molar-refractivity contribution < 1.29 is 4.74 Å². The molecule has 1 aromatic rings. The van der Waals surface area contributed by atoms with Crippen LogP contribution in [0.2, 0.25) is 0 Å². The summed E-state index contributed by atoms with van der Waals surface area (Å²) in [6.07, 6.45) is 0. The molecule has 0 amide bonds. The molecule has 3 aliphatic rings. The highest BCUT2D eigenvalue weighted by Gasteiger charge is 2.99. The Bertz CT molecular complexity index is 774. The van der Waals surface area contributed by atoms with E-state index in [0.29, 0.717) is 6.61 Å². The molecule has 4 atom stereocenters. The number of thioether (sulfide) groups is 1. The second-order valence-electron chi connectivity index (χ2n) is 5.99. The third kappa shape index (κ3) is 1.00. The molecule has 1 spiro atoms.